The molecule has 2 fully saturated rings. The van der Waals surface area contributed by atoms with Gasteiger partial charge in [0, 0.05) is 103 Å². The lowest BCUT2D eigenvalue weighted by molar-refractivity contribution is -0.119. The van der Waals surface area contributed by atoms with E-state index < -0.39 is 0 Å². The van der Waals surface area contributed by atoms with Crippen LogP contribution in [0.5, 0.6) is 11.8 Å². The average molecular weight is 830 g/mol. The van der Waals surface area contributed by atoms with Gasteiger partial charge in [-0.15, -0.1) is 0 Å². The highest BCUT2D eigenvalue weighted by atomic mass is 35.5. The summed E-state index contributed by atoms with van der Waals surface area (Å²) in [5, 5.41) is 4.39. The van der Waals surface area contributed by atoms with Crippen LogP contribution in [0.4, 0.5) is 11.4 Å². The van der Waals surface area contributed by atoms with E-state index >= 15 is 0 Å². The Bertz CT molecular complexity index is 2360. The predicted molar refractivity (Wildman–Crippen MR) is 240 cm³/mol. The van der Waals surface area contributed by atoms with Gasteiger partial charge in [-0.2, -0.15) is 0 Å². The molecule has 6 aromatic rings. The van der Waals surface area contributed by atoms with Crippen LogP contribution in [-0.2, 0) is 17.9 Å². The molecule has 1 amide bonds. The lowest BCUT2D eigenvalue weighted by Crippen LogP contribution is -2.27. The number of hydrogen-bond donors (Lipinski definition) is 2. The molecular weight excluding hydrogens is 779 g/mol. The first kappa shape index (κ1) is 41.5. The molecule has 11 heteroatoms. The second-order valence-electron chi connectivity index (χ2n) is 15.1. The van der Waals surface area contributed by atoms with Crippen LogP contribution in [0.2, 0.25) is 10.0 Å². The zero-order valence-corrected chi connectivity index (χ0v) is 35.2. The van der Waals surface area contributed by atoms with Crippen molar-refractivity contribution < 1.29 is 14.3 Å². The summed E-state index contributed by atoms with van der Waals surface area (Å²) < 4.78 is 12.2. The number of rotatable bonds is 11. The number of aryl methyl sites for hydroxylation is 2. The number of anilines is 2. The highest BCUT2D eigenvalue weighted by Gasteiger charge is 2.28. The molecule has 0 unspecified atom stereocenters. The molecule has 2 aromatic heterocycles. The van der Waals surface area contributed by atoms with E-state index in [2.05, 4.69) is 61.5 Å². The van der Waals surface area contributed by atoms with Gasteiger partial charge < -0.3 is 30.3 Å². The Morgan fingerprint density at radius 3 is 1.61 bits per heavy atom. The van der Waals surface area contributed by atoms with Crippen molar-refractivity contribution in [3.63, 3.8) is 0 Å². The van der Waals surface area contributed by atoms with E-state index in [9.17, 15) is 4.79 Å². The normalized spacial score (nSPS) is 16.0. The van der Waals surface area contributed by atoms with Crippen molar-refractivity contribution in [2.45, 2.75) is 58.9 Å². The summed E-state index contributed by atoms with van der Waals surface area (Å²) in [5.74, 6) is 1.29. The maximum absolute atomic E-state index is 11.6. The van der Waals surface area contributed by atoms with E-state index in [0.29, 0.717) is 29.9 Å². The third-order valence-corrected chi connectivity index (χ3v) is 11.3. The molecule has 2 saturated heterocycles. The van der Waals surface area contributed by atoms with Crippen molar-refractivity contribution in [1.82, 2.24) is 15.3 Å². The first-order valence-electron chi connectivity index (χ1n) is 20.0. The quantitative estimate of drug-likeness (QED) is 0.133. The van der Waals surface area contributed by atoms with Crippen molar-refractivity contribution in [2.75, 3.05) is 36.0 Å². The molecular formula is C48H50Cl2N6O3. The van der Waals surface area contributed by atoms with E-state index in [1.54, 1.807) is 0 Å². The molecule has 59 heavy (non-hydrogen) atoms. The minimum Gasteiger partial charge on any atom is -0.472 e. The van der Waals surface area contributed by atoms with Crippen molar-refractivity contribution in [3.8, 4) is 34.0 Å². The second-order valence-corrected chi connectivity index (χ2v) is 15.9. The van der Waals surface area contributed by atoms with Crippen molar-refractivity contribution in [3.05, 3.63) is 154 Å². The van der Waals surface area contributed by atoms with E-state index in [1.807, 2.05) is 99.0 Å². The van der Waals surface area contributed by atoms with Crippen LogP contribution in [0, 0.1) is 13.8 Å². The predicted octanol–water partition coefficient (Wildman–Crippen LogP) is 9.83. The Balaban J connectivity index is 0.000000180. The number of aromatic nitrogens is 2. The van der Waals surface area contributed by atoms with Gasteiger partial charge in [-0.3, -0.25) is 4.79 Å². The fraction of sp³-hybridized carbons (Fsp3) is 0.271. The van der Waals surface area contributed by atoms with Crippen LogP contribution in [0.25, 0.3) is 22.3 Å². The summed E-state index contributed by atoms with van der Waals surface area (Å²) in [4.78, 5) is 24.9. The SMILES string of the molecule is CC(=O)NCc1cc(-c2ccccc2Cl)ccc1N1CC[C@H](Oc2ccc(C)cn2)C1.Cc1ccc(O[C@H]2CCN(c3ccc(-c4ccccc4Cl)cc3CN)C2)nc1. The Morgan fingerprint density at radius 2 is 1.17 bits per heavy atom. The van der Waals surface area contributed by atoms with Gasteiger partial charge in [-0.25, -0.2) is 9.97 Å². The number of carbonyl (C=O) groups excluding carboxylic acids is 1. The maximum Gasteiger partial charge on any atom is 0.217 e. The van der Waals surface area contributed by atoms with E-state index in [4.69, 9.17) is 38.4 Å². The third-order valence-electron chi connectivity index (χ3n) is 10.6. The highest BCUT2D eigenvalue weighted by molar-refractivity contribution is 6.33. The molecule has 8 rings (SSSR count). The van der Waals surface area contributed by atoms with Crippen molar-refractivity contribution in [1.29, 1.82) is 0 Å². The molecule has 9 nitrogen and oxygen atoms in total. The Morgan fingerprint density at radius 1 is 0.695 bits per heavy atom. The number of halogens is 2. The summed E-state index contributed by atoms with van der Waals surface area (Å²) in [6, 6.07) is 36.3. The van der Waals surface area contributed by atoms with E-state index in [-0.39, 0.29) is 18.1 Å². The Labute approximate surface area is 357 Å². The number of nitrogens with one attached hydrogen (secondary N) is 1. The lowest BCUT2D eigenvalue weighted by Gasteiger charge is -2.23. The minimum absolute atomic E-state index is 0.0535. The number of ether oxygens (including phenoxy) is 2. The molecule has 4 aromatic carbocycles. The number of amides is 1. The van der Waals surface area contributed by atoms with Crippen molar-refractivity contribution in [2.24, 2.45) is 5.73 Å². The van der Waals surface area contributed by atoms with Gasteiger partial charge in [-0.1, -0.05) is 83.9 Å². The van der Waals surface area contributed by atoms with Gasteiger partial charge >= 0.3 is 0 Å². The smallest absolute Gasteiger partial charge is 0.217 e. The molecule has 0 saturated carbocycles. The van der Waals surface area contributed by atoms with Crippen LogP contribution >= 0.6 is 23.2 Å². The molecule has 0 spiro atoms. The van der Waals surface area contributed by atoms with E-state index in [0.717, 1.165) is 94.2 Å². The number of pyridine rings is 2. The summed E-state index contributed by atoms with van der Waals surface area (Å²) in [7, 11) is 0. The molecule has 2 aliphatic heterocycles. The fourth-order valence-electron chi connectivity index (χ4n) is 7.51. The summed E-state index contributed by atoms with van der Waals surface area (Å²) in [6.07, 6.45) is 5.74. The van der Waals surface area contributed by atoms with Crippen LogP contribution in [-0.4, -0.2) is 54.3 Å². The second kappa shape index (κ2) is 19.4. The summed E-state index contributed by atoms with van der Waals surface area (Å²) in [6.45, 7) is 9.93. The fourth-order valence-corrected chi connectivity index (χ4v) is 8.00. The van der Waals surface area contributed by atoms with Crippen LogP contribution in [0.15, 0.2) is 122 Å². The molecule has 0 radical (unpaired) electrons. The molecule has 3 N–H and O–H groups in total. The number of nitrogens with zero attached hydrogens (tertiary/aromatic N) is 4. The Kier molecular flexibility index (Phi) is 13.7. The lowest BCUT2D eigenvalue weighted by atomic mass is 10.0. The molecule has 2 aliphatic rings. The number of benzene rings is 4. The number of hydrogen-bond acceptors (Lipinski definition) is 8. The highest BCUT2D eigenvalue weighted by Crippen LogP contribution is 2.35. The average Bonchev–Trinajstić information content (AvgIpc) is 3.92. The number of nitrogens with two attached hydrogens (primary N) is 1. The molecule has 0 bridgehead atoms. The van der Waals surface area contributed by atoms with Gasteiger partial charge in [0.15, 0.2) is 0 Å². The van der Waals surface area contributed by atoms with Gasteiger partial charge in [0.25, 0.3) is 0 Å². The topological polar surface area (TPSA) is 106 Å². The van der Waals surface area contributed by atoms with Crippen LogP contribution in [0.3, 0.4) is 0 Å². The first-order chi connectivity index (χ1) is 28.6. The maximum atomic E-state index is 11.6. The summed E-state index contributed by atoms with van der Waals surface area (Å²) in [5.41, 5.74) is 16.9. The molecule has 304 valence electrons. The molecule has 4 heterocycles. The zero-order valence-electron chi connectivity index (χ0n) is 33.7. The minimum atomic E-state index is -0.0535. The summed E-state index contributed by atoms with van der Waals surface area (Å²) >= 11 is 12.8. The monoisotopic (exact) mass is 828 g/mol. The van der Waals surface area contributed by atoms with Crippen LogP contribution < -0.4 is 30.3 Å². The molecule has 0 aliphatic carbocycles. The third kappa shape index (κ3) is 10.7. The van der Waals surface area contributed by atoms with E-state index in [1.165, 1.54) is 12.6 Å². The zero-order chi connectivity index (χ0) is 41.3. The van der Waals surface area contributed by atoms with Crippen molar-refractivity contribution >= 4 is 40.5 Å². The van der Waals surface area contributed by atoms with Gasteiger partial charge in [0.2, 0.25) is 17.7 Å². The van der Waals surface area contributed by atoms with Gasteiger partial charge in [-0.05, 0) is 83.6 Å². The van der Waals surface area contributed by atoms with Gasteiger partial charge in [0.05, 0.1) is 13.1 Å². The number of carbonyl (C=O) groups is 1. The van der Waals surface area contributed by atoms with Gasteiger partial charge in [0.1, 0.15) is 12.2 Å². The standard InChI is InChI=1S/C25H26ClN3O2.C23H24ClN3O/c1-17-7-10-25(28-14-17)31-21-11-12-29(16-21)24-9-8-19(13-20(24)15-27-18(2)30)22-5-3-4-6-23(22)26;1-16-6-9-23(26-14-16)28-19-10-11-27(15-19)22-8-7-17(12-18(22)13-25)20-4-2-3-5-21(20)24/h3-10,13-14,21H,11-12,15-16H2,1-2H3,(H,27,30);2-9,12,14,19H,10-11,13,15,25H2,1H3/t21-;19-/m00/s1. The Hall–Kier alpha value is -5.61. The van der Waals surface area contributed by atoms with Crippen LogP contribution in [0.1, 0.15) is 42.0 Å². The first-order valence-corrected chi connectivity index (χ1v) is 20.8. The molecule has 2 atom stereocenters. The largest absolute Gasteiger partial charge is 0.472 e.